The molecule has 0 aromatic heterocycles. The summed E-state index contributed by atoms with van der Waals surface area (Å²) < 4.78 is 0. The van der Waals surface area contributed by atoms with Gasteiger partial charge < -0.3 is 10.6 Å². The number of anilines is 1. The molecule has 2 atom stereocenters. The van der Waals surface area contributed by atoms with Crippen LogP contribution in [0.3, 0.4) is 0 Å². The predicted octanol–water partition coefficient (Wildman–Crippen LogP) is 1.34. The molecule has 0 bridgehead atoms. The first-order valence-electron chi connectivity index (χ1n) is 7.02. The first kappa shape index (κ1) is 14.5. The average Bonchev–Trinajstić information content (AvgIpc) is 2.46. The highest BCUT2D eigenvalue weighted by Crippen LogP contribution is 2.23. The van der Waals surface area contributed by atoms with Crippen LogP contribution in [0.5, 0.6) is 0 Å². The number of hydrogen-bond donors (Lipinski definition) is 2. The van der Waals surface area contributed by atoms with Crippen LogP contribution in [0.2, 0.25) is 0 Å². The van der Waals surface area contributed by atoms with E-state index in [2.05, 4.69) is 5.32 Å². The number of imide groups is 1. The molecule has 1 saturated heterocycles. The molecule has 20 heavy (non-hydrogen) atoms. The highest BCUT2D eigenvalue weighted by molar-refractivity contribution is 6.04. The van der Waals surface area contributed by atoms with Crippen LogP contribution in [-0.2, 0) is 9.59 Å². The van der Waals surface area contributed by atoms with E-state index in [1.807, 2.05) is 43.0 Å². The minimum absolute atomic E-state index is 0.0253. The SMILES string of the molecule is CCC(N)c1ccc(N2CC(=O)NC(=O)C2CC)cc1. The Kier molecular flexibility index (Phi) is 4.39. The lowest BCUT2D eigenvalue weighted by atomic mass is 10.0. The Hall–Kier alpha value is -1.88. The van der Waals surface area contributed by atoms with E-state index in [0.717, 1.165) is 17.7 Å². The molecular weight excluding hydrogens is 254 g/mol. The summed E-state index contributed by atoms with van der Waals surface area (Å²) in [5.41, 5.74) is 7.94. The summed E-state index contributed by atoms with van der Waals surface area (Å²) in [6, 6.07) is 7.52. The molecule has 0 radical (unpaired) electrons. The molecule has 1 heterocycles. The molecule has 0 saturated carbocycles. The van der Waals surface area contributed by atoms with E-state index in [9.17, 15) is 9.59 Å². The van der Waals surface area contributed by atoms with Gasteiger partial charge in [0.1, 0.15) is 6.04 Å². The molecule has 1 aromatic rings. The van der Waals surface area contributed by atoms with Crippen LogP contribution < -0.4 is 16.0 Å². The van der Waals surface area contributed by atoms with E-state index >= 15 is 0 Å². The van der Waals surface area contributed by atoms with Crippen molar-refractivity contribution in [1.82, 2.24) is 5.32 Å². The van der Waals surface area contributed by atoms with Crippen molar-refractivity contribution >= 4 is 17.5 Å². The highest BCUT2D eigenvalue weighted by atomic mass is 16.2. The molecule has 2 rings (SSSR count). The molecule has 2 unspecified atom stereocenters. The van der Waals surface area contributed by atoms with E-state index < -0.39 is 0 Å². The zero-order chi connectivity index (χ0) is 14.7. The molecule has 5 heteroatoms. The van der Waals surface area contributed by atoms with Gasteiger partial charge in [-0.3, -0.25) is 14.9 Å². The average molecular weight is 275 g/mol. The van der Waals surface area contributed by atoms with Crippen LogP contribution in [0, 0.1) is 0 Å². The van der Waals surface area contributed by atoms with Crippen LogP contribution in [0.1, 0.15) is 38.3 Å². The van der Waals surface area contributed by atoms with Crippen LogP contribution in [0.25, 0.3) is 0 Å². The van der Waals surface area contributed by atoms with Gasteiger partial charge in [0.2, 0.25) is 11.8 Å². The summed E-state index contributed by atoms with van der Waals surface area (Å²) in [5.74, 6) is -0.480. The number of carbonyl (C=O) groups is 2. The Morgan fingerprint density at radius 2 is 1.95 bits per heavy atom. The minimum atomic E-state index is -0.293. The number of amides is 2. The van der Waals surface area contributed by atoms with Crippen LogP contribution in [0.4, 0.5) is 5.69 Å². The zero-order valence-electron chi connectivity index (χ0n) is 11.9. The van der Waals surface area contributed by atoms with Crippen molar-refractivity contribution in [2.75, 3.05) is 11.4 Å². The summed E-state index contributed by atoms with van der Waals surface area (Å²) in [5, 5.41) is 2.38. The Morgan fingerprint density at radius 1 is 1.30 bits per heavy atom. The van der Waals surface area contributed by atoms with E-state index in [-0.39, 0.29) is 30.4 Å². The van der Waals surface area contributed by atoms with Gasteiger partial charge in [0.15, 0.2) is 0 Å². The van der Waals surface area contributed by atoms with Crippen LogP contribution in [0.15, 0.2) is 24.3 Å². The second kappa shape index (κ2) is 6.05. The third-order valence-corrected chi connectivity index (χ3v) is 3.73. The van der Waals surface area contributed by atoms with Crippen molar-refractivity contribution in [3.63, 3.8) is 0 Å². The third-order valence-electron chi connectivity index (χ3n) is 3.73. The molecule has 0 aliphatic carbocycles. The number of nitrogens with one attached hydrogen (secondary N) is 1. The summed E-state index contributed by atoms with van der Waals surface area (Å²) in [6.45, 7) is 4.19. The molecule has 5 nitrogen and oxygen atoms in total. The first-order chi connectivity index (χ1) is 9.56. The molecule has 0 spiro atoms. The smallest absolute Gasteiger partial charge is 0.249 e. The molecule has 1 aliphatic rings. The molecule has 2 amide bonds. The van der Waals surface area contributed by atoms with Crippen molar-refractivity contribution < 1.29 is 9.59 Å². The molecular formula is C15H21N3O2. The molecule has 3 N–H and O–H groups in total. The van der Waals surface area contributed by atoms with Gasteiger partial charge >= 0.3 is 0 Å². The molecule has 1 aliphatic heterocycles. The minimum Gasteiger partial charge on any atom is -0.350 e. The third kappa shape index (κ3) is 2.82. The number of rotatable bonds is 4. The van der Waals surface area contributed by atoms with Gasteiger partial charge in [-0.05, 0) is 30.5 Å². The maximum Gasteiger partial charge on any atom is 0.249 e. The van der Waals surface area contributed by atoms with E-state index in [1.165, 1.54) is 0 Å². The monoisotopic (exact) mass is 275 g/mol. The Labute approximate surface area is 119 Å². The van der Waals surface area contributed by atoms with Crippen molar-refractivity contribution in [3.8, 4) is 0 Å². The Morgan fingerprint density at radius 3 is 2.50 bits per heavy atom. The zero-order valence-corrected chi connectivity index (χ0v) is 11.9. The van der Waals surface area contributed by atoms with Gasteiger partial charge in [0, 0.05) is 11.7 Å². The number of carbonyl (C=O) groups excluding carboxylic acids is 2. The second-order valence-corrected chi connectivity index (χ2v) is 5.07. The largest absolute Gasteiger partial charge is 0.350 e. The number of hydrogen-bond acceptors (Lipinski definition) is 4. The van der Waals surface area contributed by atoms with E-state index in [0.29, 0.717) is 6.42 Å². The normalized spacial score (nSPS) is 20.8. The van der Waals surface area contributed by atoms with Gasteiger partial charge in [-0.15, -0.1) is 0 Å². The lowest BCUT2D eigenvalue weighted by Gasteiger charge is -2.35. The predicted molar refractivity (Wildman–Crippen MR) is 78.2 cm³/mol. The topological polar surface area (TPSA) is 75.4 Å². The lowest BCUT2D eigenvalue weighted by molar-refractivity contribution is -0.132. The highest BCUT2D eigenvalue weighted by Gasteiger charge is 2.32. The summed E-state index contributed by atoms with van der Waals surface area (Å²) in [7, 11) is 0. The molecule has 1 fully saturated rings. The van der Waals surface area contributed by atoms with Crippen LogP contribution in [-0.4, -0.2) is 24.4 Å². The standard InChI is InChI=1S/C15H21N3O2/c1-3-12(16)10-5-7-11(8-6-10)18-9-14(19)17-15(20)13(18)4-2/h5-8,12-13H,3-4,9,16H2,1-2H3,(H,17,19,20). The van der Waals surface area contributed by atoms with E-state index in [4.69, 9.17) is 5.73 Å². The fourth-order valence-corrected chi connectivity index (χ4v) is 2.49. The van der Waals surface area contributed by atoms with Gasteiger partial charge in [-0.25, -0.2) is 0 Å². The quantitative estimate of drug-likeness (QED) is 0.813. The van der Waals surface area contributed by atoms with Crippen molar-refractivity contribution in [2.45, 2.75) is 38.8 Å². The Bertz CT molecular complexity index is 498. The fourth-order valence-electron chi connectivity index (χ4n) is 2.49. The summed E-state index contributed by atoms with van der Waals surface area (Å²) in [4.78, 5) is 25.2. The van der Waals surface area contributed by atoms with Gasteiger partial charge in [0.05, 0.1) is 6.54 Å². The van der Waals surface area contributed by atoms with Gasteiger partial charge in [0.25, 0.3) is 0 Å². The Balaban J connectivity index is 2.24. The summed E-state index contributed by atoms with van der Waals surface area (Å²) in [6.07, 6.45) is 1.54. The summed E-state index contributed by atoms with van der Waals surface area (Å²) >= 11 is 0. The van der Waals surface area contributed by atoms with Gasteiger partial charge in [-0.2, -0.15) is 0 Å². The van der Waals surface area contributed by atoms with Crippen LogP contribution >= 0.6 is 0 Å². The number of nitrogens with zero attached hydrogens (tertiary/aromatic N) is 1. The maximum atomic E-state index is 11.8. The number of nitrogens with two attached hydrogens (primary N) is 1. The van der Waals surface area contributed by atoms with Crippen molar-refractivity contribution in [2.24, 2.45) is 5.73 Å². The first-order valence-corrected chi connectivity index (χ1v) is 7.02. The number of benzene rings is 1. The van der Waals surface area contributed by atoms with E-state index in [1.54, 1.807) is 0 Å². The fraction of sp³-hybridized carbons (Fsp3) is 0.467. The second-order valence-electron chi connectivity index (χ2n) is 5.07. The molecule has 1 aromatic carbocycles. The maximum absolute atomic E-state index is 11.8. The van der Waals surface area contributed by atoms with Crippen molar-refractivity contribution in [1.29, 1.82) is 0 Å². The lowest BCUT2D eigenvalue weighted by Crippen LogP contribution is -2.58. The van der Waals surface area contributed by atoms with Gasteiger partial charge in [-0.1, -0.05) is 26.0 Å². The molecule has 108 valence electrons. The number of piperazine rings is 1. The van der Waals surface area contributed by atoms with Crippen molar-refractivity contribution in [3.05, 3.63) is 29.8 Å².